The van der Waals surface area contributed by atoms with Crippen LogP contribution in [0.15, 0.2) is 34.8 Å². The van der Waals surface area contributed by atoms with Crippen molar-refractivity contribution >= 4 is 27.5 Å². The van der Waals surface area contributed by atoms with Gasteiger partial charge in [-0.2, -0.15) is 0 Å². The van der Waals surface area contributed by atoms with Crippen LogP contribution in [0.5, 0.6) is 11.6 Å². The molecule has 19 heavy (non-hydrogen) atoms. The van der Waals surface area contributed by atoms with E-state index in [0.29, 0.717) is 4.47 Å². The van der Waals surface area contributed by atoms with Gasteiger partial charge in [-0.3, -0.25) is 4.79 Å². The van der Waals surface area contributed by atoms with Gasteiger partial charge in [0.2, 0.25) is 5.88 Å². The summed E-state index contributed by atoms with van der Waals surface area (Å²) in [6.07, 6.45) is 0. The number of primary amides is 1. The summed E-state index contributed by atoms with van der Waals surface area (Å²) in [5.41, 5.74) is 10.9. The first-order valence-corrected chi connectivity index (χ1v) is 5.96. The molecule has 0 fully saturated rings. The normalized spacial score (nSPS) is 10.2. The number of anilines is 1. The van der Waals surface area contributed by atoms with Gasteiger partial charge in [0.1, 0.15) is 5.69 Å². The van der Waals surface area contributed by atoms with Crippen LogP contribution < -0.4 is 16.2 Å². The highest BCUT2D eigenvalue weighted by Gasteiger charge is 2.11. The van der Waals surface area contributed by atoms with Gasteiger partial charge in [0.15, 0.2) is 11.6 Å². The number of hydrogen-bond acceptors (Lipinski definition) is 4. The monoisotopic (exact) mass is 325 g/mol. The van der Waals surface area contributed by atoms with Gasteiger partial charge in [-0.15, -0.1) is 0 Å². The Morgan fingerprint density at radius 2 is 2.05 bits per heavy atom. The molecule has 7 heteroatoms. The molecule has 0 saturated carbocycles. The summed E-state index contributed by atoms with van der Waals surface area (Å²) in [4.78, 5) is 14.8. The van der Waals surface area contributed by atoms with E-state index in [0.717, 1.165) is 0 Å². The summed E-state index contributed by atoms with van der Waals surface area (Å²) in [6, 6.07) is 7.04. The average molecular weight is 326 g/mol. The van der Waals surface area contributed by atoms with Crippen molar-refractivity contribution in [3.8, 4) is 11.6 Å². The lowest BCUT2D eigenvalue weighted by Gasteiger charge is -2.09. The summed E-state index contributed by atoms with van der Waals surface area (Å²) in [6.45, 7) is 0. The third-order valence-corrected chi connectivity index (χ3v) is 2.74. The molecule has 1 heterocycles. The van der Waals surface area contributed by atoms with Gasteiger partial charge in [-0.1, -0.05) is 15.9 Å². The second-order valence-electron chi connectivity index (χ2n) is 3.63. The van der Waals surface area contributed by atoms with Gasteiger partial charge in [0.25, 0.3) is 5.91 Å². The fourth-order valence-electron chi connectivity index (χ4n) is 1.33. The Labute approximate surface area is 116 Å². The summed E-state index contributed by atoms with van der Waals surface area (Å²) in [7, 11) is 0. The Balaban J connectivity index is 2.37. The molecule has 0 saturated heterocycles. The maximum absolute atomic E-state index is 13.6. The van der Waals surface area contributed by atoms with E-state index in [1.54, 1.807) is 6.07 Å². The number of nitrogens with two attached hydrogens (primary N) is 2. The quantitative estimate of drug-likeness (QED) is 0.906. The van der Waals surface area contributed by atoms with Crippen LogP contribution in [-0.2, 0) is 0 Å². The topological polar surface area (TPSA) is 91.2 Å². The summed E-state index contributed by atoms with van der Waals surface area (Å²) >= 11 is 3.13. The molecule has 2 rings (SSSR count). The highest BCUT2D eigenvalue weighted by molar-refractivity contribution is 9.10. The maximum Gasteiger partial charge on any atom is 0.267 e. The van der Waals surface area contributed by atoms with E-state index < -0.39 is 11.7 Å². The minimum absolute atomic E-state index is 0.0123. The Kier molecular flexibility index (Phi) is 3.66. The van der Waals surface area contributed by atoms with E-state index >= 15 is 0 Å². The van der Waals surface area contributed by atoms with E-state index in [1.165, 1.54) is 24.3 Å². The summed E-state index contributed by atoms with van der Waals surface area (Å²) < 4.78 is 19.4. The van der Waals surface area contributed by atoms with Gasteiger partial charge < -0.3 is 16.2 Å². The molecule has 1 amide bonds. The number of nitrogen functional groups attached to an aromatic ring is 1. The third-order valence-electron chi connectivity index (χ3n) is 2.24. The average Bonchev–Trinajstić information content (AvgIpc) is 2.34. The second-order valence-corrected chi connectivity index (χ2v) is 4.55. The first kappa shape index (κ1) is 13.3. The van der Waals surface area contributed by atoms with Crippen LogP contribution in [0.3, 0.4) is 0 Å². The molecular weight excluding hydrogens is 317 g/mol. The number of halogens is 2. The third kappa shape index (κ3) is 3.00. The minimum atomic E-state index is -0.721. The zero-order chi connectivity index (χ0) is 14.0. The van der Waals surface area contributed by atoms with Crippen LogP contribution in [0.2, 0.25) is 0 Å². The Morgan fingerprint density at radius 1 is 1.32 bits per heavy atom. The van der Waals surface area contributed by atoms with Crippen molar-refractivity contribution in [1.82, 2.24) is 4.98 Å². The molecule has 0 atom stereocenters. The van der Waals surface area contributed by atoms with Crippen LogP contribution in [0.4, 0.5) is 10.1 Å². The van der Waals surface area contributed by atoms with Crippen molar-refractivity contribution in [2.45, 2.75) is 0 Å². The molecule has 0 aliphatic rings. The highest BCUT2D eigenvalue weighted by atomic mass is 79.9. The van der Waals surface area contributed by atoms with Crippen molar-refractivity contribution in [2.75, 3.05) is 5.73 Å². The van der Waals surface area contributed by atoms with Gasteiger partial charge in [0, 0.05) is 4.47 Å². The number of amides is 1. The number of rotatable bonds is 3. The standard InChI is InChI=1S/C12H9BrFN3O2/c13-6-1-4-10(7(14)5-6)19-12-8(15)2-3-9(17-12)11(16)18/h1-5H,15H2,(H2,16,18). The second kappa shape index (κ2) is 5.23. The lowest BCUT2D eigenvalue weighted by atomic mass is 10.3. The van der Waals surface area contributed by atoms with Crippen molar-refractivity contribution in [2.24, 2.45) is 5.73 Å². The van der Waals surface area contributed by atoms with Gasteiger partial charge in [0.05, 0.1) is 5.69 Å². The van der Waals surface area contributed by atoms with E-state index in [4.69, 9.17) is 16.2 Å². The highest BCUT2D eigenvalue weighted by Crippen LogP contribution is 2.29. The largest absolute Gasteiger partial charge is 0.434 e. The lowest BCUT2D eigenvalue weighted by molar-refractivity contribution is 0.0995. The minimum Gasteiger partial charge on any atom is -0.434 e. The number of benzene rings is 1. The Hall–Kier alpha value is -2.15. The predicted octanol–water partition coefficient (Wildman–Crippen LogP) is 2.46. The fraction of sp³-hybridized carbons (Fsp3) is 0. The van der Waals surface area contributed by atoms with Crippen LogP contribution >= 0.6 is 15.9 Å². The van der Waals surface area contributed by atoms with Crippen LogP contribution in [-0.4, -0.2) is 10.9 Å². The van der Waals surface area contributed by atoms with Crippen LogP contribution in [0.1, 0.15) is 10.5 Å². The molecule has 0 aliphatic heterocycles. The molecule has 0 aliphatic carbocycles. The molecule has 1 aromatic carbocycles. The molecule has 0 bridgehead atoms. The van der Waals surface area contributed by atoms with Gasteiger partial charge in [-0.05, 0) is 30.3 Å². The van der Waals surface area contributed by atoms with Crippen molar-refractivity contribution < 1.29 is 13.9 Å². The molecule has 0 spiro atoms. The predicted molar refractivity (Wildman–Crippen MR) is 71.3 cm³/mol. The molecule has 5 nitrogen and oxygen atoms in total. The lowest BCUT2D eigenvalue weighted by Crippen LogP contribution is -2.13. The first-order chi connectivity index (χ1) is 8.97. The van der Waals surface area contributed by atoms with E-state index in [9.17, 15) is 9.18 Å². The number of pyridine rings is 1. The molecular formula is C12H9BrFN3O2. The van der Waals surface area contributed by atoms with Crippen molar-refractivity contribution in [3.05, 3.63) is 46.3 Å². The van der Waals surface area contributed by atoms with Gasteiger partial charge in [-0.25, -0.2) is 9.37 Å². The zero-order valence-corrected chi connectivity index (χ0v) is 11.1. The van der Waals surface area contributed by atoms with Crippen LogP contribution in [0, 0.1) is 5.82 Å². The van der Waals surface area contributed by atoms with Gasteiger partial charge >= 0.3 is 0 Å². The number of hydrogen-bond donors (Lipinski definition) is 2. The van der Waals surface area contributed by atoms with Crippen molar-refractivity contribution in [1.29, 1.82) is 0 Å². The molecule has 0 unspecified atom stereocenters. The number of ether oxygens (including phenoxy) is 1. The molecule has 98 valence electrons. The van der Waals surface area contributed by atoms with E-state index in [2.05, 4.69) is 20.9 Å². The first-order valence-electron chi connectivity index (χ1n) is 5.16. The molecule has 0 radical (unpaired) electrons. The summed E-state index contributed by atoms with van der Waals surface area (Å²) in [5, 5.41) is 0. The SMILES string of the molecule is NC(=O)c1ccc(N)c(Oc2ccc(Br)cc2F)n1. The van der Waals surface area contributed by atoms with E-state index in [1.807, 2.05) is 0 Å². The summed E-state index contributed by atoms with van der Waals surface area (Å²) in [5.74, 6) is -1.43. The molecule has 2 aromatic rings. The van der Waals surface area contributed by atoms with E-state index in [-0.39, 0.29) is 23.0 Å². The zero-order valence-electron chi connectivity index (χ0n) is 9.56. The maximum atomic E-state index is 13.6. The fourth-order valence-corrected chi connectivity index (χ4v) is 1.67. The Bertz CT molecular complexity index is 649. The number of nitrogens with zero attached hydrogens (tertiary/aromatic N) is 1. The number of aromatic nitrogens is 1. The number of carbonyl (C=O) groups is 1. The molecule has 4 N–H and O–H groups in total. The Morgan fingerprint density at radius 3 is 2.68 bits per heavy atom. The number of carbonyl (C=O) groups excluding carboxylic acids is 1. The smallest absolute Gasteiger partial charge is 0.267 e. The molecule has 1 aromatic heterocycles. The van der Waals surface area contributed by atoms with Crippen LogP contribution in [0.25, 0.3) is 0 Å². The van der Waals surface area contributed by atoms with Crippen molar-refractivity contribution in [3.63, 3.8) is 0 Å².